The molecule has 8 heteroatoms. The number of alkyl halides is 1. The van der Waals surface area contributed by atoms with Crippen LogP contribution in [0.15, 0.2) is 50.1 Å². The number of Topliss-reactive ketones (excluding diaryl/α,β-unsaturated/α-hetero) is 1. The zero-order chi connectivity index (χ0) is 18.8. The number of methoxy groups -OCH3 is 1. The van der Waals surface area contributed by atoms with E-state index in [4.69, 9.17) is 16.3 Å². The van der Waals surface area contributed by atoms with E-state index in [0.717, 1.165) is 4.47 Å². The Morgan fingerprint density at radius 2 is 1.92 bits per heavy atom. The molecule has 0 saturated heterocycles. The first-order valence-corrected chi connectivity index (χ1v) is 9.69. The van der Waals surface area contributed by atoms with Crippen molar-refractivity contribution in [1.29, 1.82) is 0 Å². The quantitative estimate of drug-likeness (QED) is 0.491. The van der Waals surface area contributed by atoms with Crippen LogP contribution in [0.5, 0.6) is 5.75 Å². The number of rotatable bonds is 5. The van der Waals surface area contributed by atoms with Crippen molar-refractivity contribution in [3.8, 4) is 11.4 Å². The van der Waals surface area contributed by atoms with E-state index in [2.05, 4.69) is 36.8 Å². The van der Waals surface area contributed by atoms with Crippen LogP contribution in [0.25, 0.3) is 16.6 Å². The molecule has 2 aromatic carbocycles. The number of fused-ring (bicyclic) bond motifs is 1. The first-order chi connectivity index (χ1) is 12.4. The van der Waals surface area contributed by atoms with Crippen LogP contribution < -0.4 is 10.3 Å². The minimum Gasteiger partial charge on any atom is -0.497 e. The van der Waals surface area contributed by atoms with Crippen molar-refractivity contribution in [2.45, 2.75) is 6.42 Å². The summed E-state index contributed by atoms with van der Waals surface area (Å²) in [6.45, 7) is 0. The van der Waals surface area contributed by atoms with Crippen molar-refractivity contribution in [2.24, 2.45) is 0 Å². The zero-order valence-electron chi connectivity index (χ0n) is 13.6. The number of ketones is 1. The number of carbonyl (C=O) groups is 1. The summed E-state index contributed by atoms with van der Waals surface area (Å²) in [5.74, 6) is 0.645. The molecule has 0 bridgehead atoms. The topological polar surface area (TPSA) is 61.2 Å². The van der Waals surface area contributed by atoms with Crippen molar-refractivity contribution >= 4 is 60.1 Å². The first-order valence-electron chi connectivity index (χ1n) is 7.57. The lowest BCUT2D eigenvalue weighted by molar-refractivity contribution is -0.116. The van der Waals surface area contributed by atoms with Gasteiger partial charge in [-0.05, 0) is 52.3 Å². The normalized spacial score (nSPS) is 10.9. The highest BCUT2D eigenvalue weighted by Crippen LogP contribution is 2.26. The molecule has 3 rings (SSSR count). The lowest BCUT2D eigenvalue weighted by Crippen LogP contribution is -2.26. The lowest BCUT2D eigenvalue weighted by Gasteiger charge is -2.14. The molecule has 0 amide bonds. The maximum absolute atomic E-state index is 13.2. The summed E-state index contributed by atoms with van der Waals surface area (Å²) in [5, 5.41) is 0.434. The Labute approximate surface area is 171 Å². The Balaban J connectivity index is 2.33. The molecule has 0 aliphatic heterocycles. The summed E-state index contributed by atoms with van der Waals surface area (Å²) in [5.41, 5.74) is 0.832. The van der Waals surface area contributed by atoms with Gasteiger partial charge in [-0.3, -0.25) is 14.2 Å². The smallest absolute Gasteiger partial charge is 0.266 e. The molecule has 0 aliphatic carbocycles. The van der Waals surface area contributed by atoms with Crippen LogP contribution in [-0.4, -0.2) is 28.3 Å². The molecule has 0 unspecified atom stereocenters. The zero-order valence-corrected chi connectivity index (χ0v) is 17.6. The summed E-state index contributed by atoms with van der Waals surface area (Å²) in [4.78, 5) is 29.7. The summed E-state index contributed by atoms with van der Waals surface area (Å²) in [7, 11) is 1.57. The minimum absolute atomic E-state index is 0.0385. The van der Waals surface area contributed by atoms with Crippen molar-refractivity contribution in [3.05, 3.63) is 61.5 Å². The number of aromatic nitrogens is 2. The molecule has 0 saturated carbocycles. The predicted octanol–water partition coefficient (Wildman–Crippen LogP) is 4.27. The van der Waals surface area contributed by atoms with E-state index >= 15 is 0 Å². The van der Waals surface area contributed by atoms with Crippen molar-refractivity contribution in [2.75, 3.05) is 13.0 Å². The van der Waals surface area contributed by atoms with Gasteiger partial charge in [-0.2, -0.15) is 0 Å². The average Bonchev–Trinajstić information content (AvgIpc) is 2.63. The van der Waals surface area contributed by atoms with Gasteiger partial charge in [0.15, 0.2) is 5.78 Å². The van der Waals surface area contributed by atoms with Gasteiger partial charge in [-0.25, -0.2) is 4.98 Å². The van der Waals surface area contributed by atoms with E-state index in [1.54, 1.807) is 43.5 Å². The molecule has 0 aliphatic rings. The highest BCUT2D eigenvalue weighted by molar-refractivity contribution is 9.11. The molecular weight excluding hydrogens is 487 g/mol. The van der Waals surface area contributed by atoms with E-state index in [9.17, 15) is 9.59 Å². The van der Waals surface area contributed by atoms with Crippen molar-refractivity contribution in [1.82, 2.24) is 9.55 Å². The van der Waals surface area contributed by atoms with Crippen LogP contribution in [0, 0.1) is 0 Å². The maximum atomic E-state index is 13.2. The molecule has 1 heterocycles. The van der Waals surface area contributed by atoms with E-state index < -0.39 is 0 Å². The van der Waals surface area contributed by atoms with Crippen LogP contribution in [0.3, 0.4) is 0 Å². The van der Waals surface area contributed by atoms with Crippen LogP contribution in [0.2, 0.25) is 0 Å². The second-order valence-electron chi connectivity index (χ2n) is 5.50. The lowest BCUT2D eigenvalue weighted by atomic mass is 10.2. The summed E-state index contributed by atoms with van der Waals surface area (Å²) >= 11 is 12.5. The first kappa shape index (κ1) is 19.1. The molecule has 0 spiro atoms. The number of carbonyl (C=O) groups excluding carboxylic acids is 1. The van der Waals surface area contributed by atoms with Crippen molar-refractivity contribution in [3.63, 3.8) is 0 Å². The largest absolute Gasteiger partial charge is 0.497 e. The van der Waals surface area contributed by atoms with Gasteiger partial charge in [-0.1, -0.05) is 15.9 Å². The van der Waals surface area contributed by atoms with Gasteiger partial charge in [0.1, 0.15) is 11.6 Å². The third-order valence-corrected chi connectivity index (χ3v) is 5.16. The fourth-order valence-electron chi connectivity index (χ4n) is 2.60. The summed E-state index contributed by atoms with van der Waals surface area (Å²) in [6.07, 6.45) is -0.0385. The number of ether oxygens (including phenoxy) is 1. The van der Waals surface area contributed by atoms with Gasteiger partial charge in [-0.15, -0.1) is 11.6 Å². The SMILES string of the molecule is COc1ccc(-n2c(CC(=O)CCl)nc3c(Br)cc(Br)cc3c2=O)cc1. The van der Waals surface area contributed by atoms with Crippen LogP contribution in [0.1, 0.15) is 5.82 Å². The Bertz CT molecular complexity index is 1050. The van der Waals surface area contributed by atoms with E-state index in [1.807, 2.05) is 0 Å². The maximum Gasteiger partial charge on any atom is 0.266 e. The second kappa shape index (κ2) is 7.90. The molecule has 0 radical (unpaired) electrons. The molecule has 5 nitrogen and oxygen atoms in total. The monoisotopic (exact) mass is 498 g/mol. The Kier molecular flexibility index (Phi) is 5.79. The standard InChI is InChI=1S/C18H13Br2ClN2O3/c1-26-13-4-2-11(3-5-13)23-16(8-12(24)9-21)22-17-14(18(23)25)6-10(19)7-15(17)20/h2-7H,8-9H2,1H3. The Morgan fingerprint density at radius 1 is 1.23 bits per heavy atom. The van der Waals surface area contributed by atoms with Crippen LogP contribution >= 0.6 is 43.5 Å². The Morgan fingerprint density at radius 3 is 2.54 bits per heavy atom. The molecule has 0 fully saturated rings. The molecule has 0 N–H and O–H groups in total. The predicted molar refractivity (Wildman–Crippen MR) is 109 cm³/mol. The van der Waals surface area contributed by atoms with E-state index in [0.29, 0.717) is 32.6 Å². The molecular formula is C18H13Br2ClN2O3. The summed E-state index contributed by atoms with van der Waals surface area (Å²) in [6, 6.07) is 10.5. The molecule has 3 aromatic rings. The van der Waals surface area contributed by atoms with Gasteiger partial charge in [0.2, 0.25) is 0 Å². The highest BCUT2D eigenvalue weighted by atomic mass is 79.9. The average molecular weight is 501 g/mol. The highest BCUT2D eigenvalue weighted by Gasteiger charge is 2.17. The van der Waals surface area contributed by atoms with Gasteiger partial charge in [0, 0.05) is 8.95 Å². The number of benzene rings is 2. The van der Waals surface area contributed by atoms with Gasteiger partial charge >= 0.3 is 0 Å². The van der Waals surface area contributed by atoms with Gasteiger partial charge in [0.05, 0.1) is 36.0 Å². The fraction of sp³-hybridized carbons (Fsp3) is 0.167. The van der Waals surface area contributed by atoms with Crippen molar-refractivity contribution < 1.29 is 9.53 Å². The van der Waals surface area contributed by atoms with Gasteiger partial charge < -0.3 is 4.74 Å². The van der Waals surface area contributed by atoms with Crippen LogP contribution in [-0.2, 0) is 11.2 Å². The van der Waals surface area contributed by atoms with E-state index in [-0.39, 0.29) is 23.6 Å². The second-order valence-corrected chi connectivity index (χ2v) is 7.54. The number of halogens is 3. The Hall–Kier alpha value is -1.70. The minimum atomic E-state index is -0.264. The number of nitrogens with zero attached hydrogens (tertiary/aromatic N) is 2. The van der Waals surface area contributed by atoms with E-state index in [1.165, 1.54) is 4.57 Å². The fourth-order valence-corrected chi connectivity index (χ4v) is 4.01. The molecule has 26 heavy (non-hydrogen) atoms. The molecule has 0 atom stereocenters. The number of hydrogen-bond donors (Lipinski definition) is 0. The molecule has 134 valence electrons. The molecule has 1 aromatic heterocycles. The van der Waals surface area contributed by atoms with Gasteiger partial charge in [0.25, 0.3) is 5.56 Å². The van der Waals surface area contributed by atoms with Crippen LogP contribution in [0.4, 0.5) is 0 Å². The summed E-state index contributed by atoms with van der Waals surface area (Å²) < 4.78 is 8.02. The third kappa shape index (κ3) is 3.70. The number of hydrogen-bond acceptors (Lipinski definition) is 4. The third-order valence-electron chi connectivity index (χ3n) is 3.80.